The molecule has 0 rings (SSSR count). The van der Waals surface area contributed by atoms with Crippen LogP contribution in [0.4, 0.5) is 0 Å². The maximum absolute atomic E-state index is 10.5. The summed E-state index contributed by atoms with van der Waals surface area (Å²) < 4.78 is 0. The van der Waals surface area contributed by atoms with Crippen molar-refractivity contribution >= 4 is 35.7 Å². The lowest BCUT2D eigenvalue weighted by atomic mass is 10.3. The number of rotatable bonds is 5. The number of thiol groups is 1. The van der Waals surface area contributed by atoms with E-state index in [0.29, 0.717) is 13.1 Å². The lowest BCUT2D eigenvalue weighted by Gasteiger charge is -2.09. The molecule has 0 aliphatic carbocycles. The van der Waals surface area contributed by atoms with Gasteiger partial charge in [0.05, 0.1) is 4.99 Å². The monoisotopic (exact) mass is 220 g/mol. The number of amides is 1. The summed E-state index contributed by atoms with van der Waals surface area (Å²) in [7, 11) is 0. The highest BCUT2D eigenvalue weighted by Crippen LogP contribution is 1.99. The van der Waals surface area contributed by atoms with Crippen molar-refractivity contribution in [2.45, 2.75) is 25.5 Å². The first-order valence-electron chi connectivity index (χ1n) is 4.21. The second-order valence-electron chi connectivity index (χ2n) is 2.89. The van der Waals surface area contributed by atoms with Gasteiger partial charge in [0.25, 0.3) is 0 Å². The van der Waals surface area contributed by atoms with Crippen molar-refractivity contribution in [2.24, 2.45) is 0 Å². The maximum Gasteiger partial charge on any atom is 0.216 e. The average molecular weight is 220 g/mol. The normalized spacial score (nSPS) is 11.9. The average Bonchev–Trinajstić information content (AvgIpc) is 1.96. The summed E-state index contributed by atoms with van der Waals surface area (Å²) in [5.74, 6) is -0.0183. The molecule has 5 heteroatoms. The van der Waals surface area contributed by atoms with Crippen molar-refractivity contribution in [1.29, 1.82) is 0 Å². The van der Waals surface area contributed by atoms with Gasteiger partial charge in [-0.25, -0.2) is 0 Å². The highest BCUT2D eigenvalue weighted by atomic mass is 32.1. The lowest BCUT2D eigenvalue weighted by Crippen LogP contribution is -2.33. The predicted molar refractivity (Wildman–Crippen MR) is 62.3 cm³/mol. The third kappa shape index (κ3) is 9.63. The fraction of sp³-hybridized carbons (Fsp3) is 0.750. The fourth-order valence-corrected chi connectivity index (χ4v) is 1.44. The molecule has 0 saturated carbocycles. The molecule has 3 nitrogen and oxygen atoms in total. The second-order valence-corrected chi connectivity index (χ2v) is 4.26. The van der Waals surface area contributed by atoms with Crippen LogP contribution in [0, 0.1) is 0 Å². The van der Waals surface area contributed by atoms with Gasteiger partial charge in [-0.2, -0.15) is 12.6 Å². The summed E-state index contributed by atoms with van der Waals surface area (Å²) in [6.07, 6.45) is 0.776. The number of nitrogens with one attached hydrogen (secondary N) is 2. The summed E-state index contributed by atoms with van der Waals surface area (Å²) in [6, 6.07) is 0. The molecule has 0 aromatic heterocycles. The molecule has 0 aromatic rings. The van der Waals surface area contributed by atoms with E-state index in [1.807, 2.05) is 6.92 Å². The number of hydrogen-bond acceptors (Lipinski definition) is 3. The lowest BCUT2D eigenvalue weighted by molar-refractivity contribution is -0.118. The largest absolute Gasteiger partial charge is 0.378 e. The molecular formula is C8H16N2OS2. The molecule has 0 radical (unpaired) electrons. The minimum atomic E-state index is -0.0183. The van der Waals surface area contributed by atoms with Gasteiger partial charge in [-0.1, -0.05) is 19.1 Å². The van der Waals surface area contributed by atoms with Crippen LogP contribution in [0.2, 0.25) is 0 Å². The van der Waals surface area contributed by atoms with Crippen LogP contribution < -0.4 is 10.6 Å². The Kier molecular flexibility index (Phi) is 6.99. The van der Waals surface area contributed by atoms with Crippen LogP contribution in [-0.2, 0) is 4.79 Å². The Labute approximate surface area is 90.1 Å². The van der Waals surface area contributed by atoms with Crippen molar-refractivity contribution in [3.8, 4) is 0 Å². The van der Waals surface area contributed by atoms with E-state index in [1.165, 1.54) is 6.92 Å². The smallest absolute Gasteiger partial charge is 0.216 e. The quantitative estimate of drug-likeness (QED) is 0.364. The summed E-state index contributed by atoms with van der Waals surface area (Å²) in [4.78, 5) is 11.3. The Morgan fingerprint density at radius 2 is 2.00 bits per heavy atom. The Morgan fingerprint density at radius 1 is 1.46 bits per heavy atom. The van der Waals surface area contributed by atoms with Crippen LogP contribution in [0.3, 0.4) is 0 Å². The SMILES string of the molecule is CC(=O)NCCNC(=S)CC(C)S. The first-order valence-corrected chi connectivity index (χ1v) is 5.14. The number of carbonyl (C=O) groups excluding carboxylic acids is 1. The molecule has 2 N–H and O–H groups in total. The van der Waals surface area contributed by atoms with Gasteiger partial charge < -0.3 is 10.6 Å². The number of hydrogen-bond donors (Lipinski definition) is 3. The van der Waals surface area contributed by atoms with E-state index in [4.69, 9.17) is 12.2 Å². The van der Waals surface area contributed by atoms with E-state index < -0.39 is 0 Å². The summed E-state index contributed by atoms with van der Waals surface area (Å²) >= 11 is 9.25. The van der Waals surface area contributed by atoms with Crippen LogP contribution in [-0.4, -0.2) is 29.2 Å². The molecule has 0 aliphatic rings. The molecular weight excluding hydrogens is 204 g/mol. The zero-order valence-electron chi connectivity index (χ0n) is 7.96. The third-order valence-electron chi connectivity index (χ3n) is 1.30. The van der Waals surface area contributed by atoms with E-state index in [-0.39, 0.29) is 11.2 Å². The van der Waals surface area contributed by atoms with Crippen LogP contribution in [0.15, 0.2) is 0 Å². The van der Waals surface area contributed by atoms with Gasteiger partial charge in [0.2, 0.25) is 5.91 Å². The molecule has 76 valence electrons. The first kappa shape index (κ1) is 12.7. The Hall–Kier alpha value is -0.290. The minimum Gasteiger partial charge on any atom is -0.378 e. The molecule has 0 saturated heterocycles. The van der Waals surface area contributed by atoms with Crippen LogP contribution in [0.25, 0.3) is 0 Å². The van der Waals surface area contributed by atoms with Crippen molar-refractivity contribution < 1.29 is 4.79 Å². The topological polar surface area (TPSA) is 41.1 Å². The number of thiocarbonyl (C=S) groups is 1. The molecule has 1 atom stereocenters. The minimum absolute atomic E-state index is 0.0183. The molecule has 1 amide bonds. The van der Waals surface area contributed by atoms with E-state index in [1.54, 1.807) is 0 Å². The van der Waals surface area contributed by atoms with E-state index >= 15 is 0 Å². The van der Waals surface area contributed by atoms with E-state index in [2.05, 4.69) is 23.3 Å². The summed E-state index contributed by atoms with van der Waals surface area (Å²) in [5.41, 5.74) is 0. The zero-order chi connectivity index (χ0) is 10.3. The molecule has 0 aliphatic heterocycles. The van der Waals surface area contributed by atoms with Crippen molar-refractivity contribution in [3.05, 3.63) is 0 Å². The molecule has 0 bridgehead atoms. The van der Waals surface area contributed by atoms with Gasteiger partial charge in [-0.15, -0.1) is 0 Å². The van der Waals surface area contributed by atoms with Crippen molar-refractivity contribution in [2.75, 3.05) is 13.1 Å². The predicted octanol–water partition coefficient (Wildman–Crippen LogP) is 0.748. The Morgan fingerprint density at radius 3 is 2.46 bits per heavy atom. The molecule has 1 unspecified atom stereocenters. The fourth-order valence-electron chi connectivity index (χ4n) is 0.781. The highest BCUT2D eigenvalue weighted by Gasteiger charge is 1.99. The molecule has 0 aromatic carbocycles. The van der Waals surface area contributed by atoms with Gasteiger partial charge in [0.15, 0.2) is 0 Å². The van der Waals surface area contributed by atoms with Gasteiger partial charge in [0.1, 0.15) is 0 Å². The van der Waals surface area contributed by atoms with Gasteiger partial charge in [0, 0.05) is 31.7 Å². The van der Waals surface area contributed by atoms with Gasteiger partial charge >= 0.3 is 0 Å². The maximum atomic E-state index is 10.5. The summed E-state index contributed by atoms with van der Waals surface area (Å²) in [6.45, 7) is 4.77. The molecule has 13 heavy (non-hydrogen) atoms. The van der Waals surface area contributed by atoms with E-state index in [9.17, 15) is 4.79 Å². The second kappa shape index (κ2) is 7.15. The third-order valence-corrected chi connectivity index (χ3v) is 1.80. The Bertz CT molecular complexity index is 183. The van der Waals surface area contributed by atoms with Gasteiger partial charge in [-0.3, -0.25) is 4.79 Å². The van der Waals surface area contributed by atoms with Crippen LogP contribution >= 0.6 is 24.8 Å². The van der Waals surface area contributed by atoms with E-state index in [0.717, 1.165) is 11.4 Å². The van der Waals surface area contributed by atoms with Crippen molar-refractivity contribution in [3.63, 3.8) is 0 Å². The zero-order valence-corrected chi connectivity index (χ0v) is 9.67. The standard InChI is InChI=1S/C8H16N2OS2/c1-6(12)5-8(13)10-4-3-9-7(2)11/h6,12H,3-5H2,1-2H3,(H,9,11)(H,10,13). The van der Waals surface area contributed by atoms with Crippen LogP contribution in [0.1, 0.15) is 20.3 Å². The number of carbonyl (C=O) groups is 1. The summed E-state index contributed by atoms with van der Waals surface area (Å²) in [5, 5.41) is 5.99. The molecule has 0 spiro atoms. The Balaban J connectivity index is 3.32. The van der Waals surface area contributed by atoms with Crippen LogP contribution in [0.5, 0.6) is 0 Å². The molecule has 0 heterocycles. The van der Waals surface area contributed by atoms with Gasteiger partial charge in [-0.05, 0) is 0 Å². The highest BCUT2D eigenvalue weighted by molar-refractivity contribution is 7.81. The molecule has 0 fully saturated rings. The first-order chi connectivity index (χ1) is 6.02. The van der Waals surface area contributed by atoms with Crippen molar-refractivity contribution in [1.82, 2.24) is 10.6 Å².